The Bertz CT molecular complexity index is 1300. The number of hydrogen-bond acceptors (Lipinski definition) is 5. The highest BCUT2D eigenvalue weighted by Crippen LogP contribution is 2.29. The standard InChI is InChI=1S/C28H28N4O3.C3H9N/c1-28(2,3)23(33)18-32-22-17-11-10-16-21(22)24(19-12-6-4-7-13-19)30-25(26(32)34)31-27(35)29-20-14-8-5-9-15-20;1-3-4-2/h4-17,25H,18H2,1-3H3,(H2,29,31,35);4H,3H2,1-2H3/t25-;/m0./s1. The minimum absolute atomic E-state index is 0.101. The maximum absolute atomic E-state index is 13.8. The molecule has 0 spiro atoms. The van der Waals surface area contributed by atoms with E-state index < -0.39 is 23.5 Å². The molecule has 204 valence electrons. The molecule has 3 aromatic carbocycles. The first kappa shape index (κ1) is 29.3. The van der Waals surface area contributed by atoms with Gasteiger partial charge in [0.1, 0.15) is 0 Å². The number of amides is 3. The van der Waals surface area contributed by atoms with Crippen LogP contribution < -0.4 is 20.9 Å². The zero-order chi connectivity index (χ0) is 28.4. The lowest BCUT2D eigenvalue weighted by molar-refractivity contribution is -0.127. The highest BCUT2D eigenvalue weighted by Gasteiger charge is 2.35. The molecule has 8 heteroatoms. The van der Waals surface area contributed by atoms with Crippen molar-refractivity contribution in [1.29, 1.82) is 0 Å². The molecule has 3 amide bonds. The number of urea groups is 1. The summed E-state index contributed by atoms with van der Waals surface area (Å²) in [4.78, 5) is 45.7. The fourth-order valence-corrected chi connectivity index (χ4v) is 3.71. The van der Waals surface area contributed by atoms with Crippen LogP contribution in [0.2, 0.25) is 0 Å². The van der Waals surface area contributed by atoms with Crippen molar-refractivity contribution < 1.29 is 14.4 Å². The number of rotatable bonds is 6. The third kappa shape index (κ3) is 7.85. The summed E-state index contributed by atoms with van der Waals surface area (Å²) in [6, 6.07) is 25.2. The molecule has 39 heavy (non-hydrogen) atoms. The first-order valence-corrected chi connectivity index (χ1v) is 13.0. The van der Waals surface area contributed by atoms with Crippen LogP contribution in [0, 0.1) is 5.41 Å². The van der Waals surface area contributed by atoms with Gasteiger partial charge in [-0.15, -0.1) is 0 Å². The Kier molecular flexibility index (Phi) is 10.1. The Hall–Kier alpha value is -4.30. The van der Waals surface area contributed by atoms with Crippen LogP contribution in [0.25, 0.3) is 0 Å². The van der Waals surface area contributed by atoms with Crippen LogP contribution in [-0.4, -0.2) is 49.7 Å². The van der Waals surface area contributed by atoms with E-state index in [0.29, 0.717) is 22.6 Å². The number of carbonyl (C=O) groups is 3. The van der Waals surface area contributed by atoms with Crippen molar-refractivity contribution in [2.75, 3.05) is 30.4 Å². The molecule has 1 aliphatic heterocycles. The van der Waals surface area contributed by atoms with Gasteiger partial charge in [0.05, 0.1) is 17.9 Å². The molecule has 0 saturated carbocycles. The van der Waals surface area contributed by atoms with Gasteiger partial charge in [-0.3, -0.25) is 9.59 Å². The summed E-state index contributed by atoms with van der Waals surface area (Å²) in [6.07, 6.45) is -1.23. The number of fused-ring (bicyclic) bond motifs is 1. The number of nitrogens with zero attached hydrogens (tertiary/aromatic N) is 2. The fourth-order valence-electron chi connectivity index (χ4n) is 3.71. The Labute approximate surface area is 230 Å². The van der Waals surface area contributed by atoms with Gasteiger partial charge in [0.25, 0.3) is 5.91 Å². The van der Waals surface area contributed by atoms with Gasteiger partial charge in [-0.05, 0) is 31.8 Å². The lowest BCUT2D eigenvalue weighted by atomic mass is 9.90. The zero-order valence-corrected chi connectivity index (χ0v) is 23.2. The monoisotopic (exact) mass is 527 g/mol. The highest BCUT2D eigenvalue weighted by atomic mass is 16.2. The minimum atomic E-state index is -1.23. The number of nitrogens with one attached hydrogen (secondary N) is 3. The van der Waals surface area contributed by atoms with Gasteiger partial charge in [0, 0.05) is 22.2 Å². The predicted molar refractivity (Wildman–Crippen MR) is 157 cm³/mol. The lowest BCUT2D eigenvalue weighted by Gasteiger charge is -2.28. The molecule has 3 aromatic rings. The van der Waals surface area contributed by atoms with Gasteiger partial charge in [0.2, 0.25) is 6.17 Å². The average molecular weight is 528 g/mol. The van der Waals surface area contributed by atoms with Gasteiger partial charge in [-0.25, -0.2) is 9.79 Å². The second kappa shape index (κ2) is 13.5. The summed E-state index contributed by atoms with van der Waals surface area (Å²) in [5.41, 5.74) is 2.59. The molecular weight excluding hydrogens is 490 g/mol. The molecule has 1 aliphatic rings. The summed E-state index contributed by atoms with van der Waals surface area (Å²) in [5, 5.41) is 8.35. The van der Waals surface area contributed by atoms with E-state index >= 15 is 0 Å². The fraction of sp³-hybridized carbons (Fsp3) is 0.290. The van der Waals surface area contributed by atoms with E-state index in [1.807, 2.05) is 82.4 Å². The van der Waals surface area contributed by atoms with Crippen molar-refractivity contribution in [3.8, 4) is 0 Å². The van der Waals surface area contributed by atoms with E-state index in [1.165, 1.54) is 4.90 Å². The number of para-hydroxylation sites is 2. The normalized spacial score (nSPS) is 14.7. The van der Waals surface area contributed by atoms with Crippen LogP contribution in [0.4, 0.5) is 16.2 Å². The maximum Gasteiger partial charge on any atom is 0.321 e. The van der Waals surface area contributed by atoms with E-state index in [1.54, 1.807) is 30.3 Å². The molecule has 4 rings (SSSR count). The summed E-state index contributed by atoms with van der Waals surface area (Å²) >= 11 is 0. The minimum Gasteiger partial charge on any atom is -0.320 e. The quantitative estimate of drug-likeness (QED) is 0.426. The van der Waals surface area contributed by atoms with Crippen molar-refractivity contribution in [3.05, 3.63) is 96.1 Å². The van der Waals surface area contributed by atoms with Crippen LogP contribution >= 0.6 is 0 Å². The molecule has 1 atom stereocenters. The van der Waals surface area contributed by atoms with Gasteiger partial charge in [-0.1, -0.05) is 94.4 Å². The molecule has 0 saturated heterocycles. The van der Waals surface area contributed by atoms with Crippen LogP contribution in [-0.2, 0) is 9.59 Å². The summed E-state index contributed by atoms with van der Waals surface area (Å²) in [6.45, 7) is 8.46. The molecule has 0 aromatic heterocycles. The summed E-state index contributed by atoms with van der Waals surface area (Å²) in [7, 11) is 1.93. The molecule has 8 nitrogen and oxygen atoms in total. The number of hydrogen-bond donors (Lipinski definition) is 3. The summed E-state index contributed by atoms with van der Waals surface area (Å²) in [5.74, 6) is -0.583. The Balaban J connectivity index is 0.000000983. The second-order valence-corrected chi connectivity index (χ2v) is 10.0. The Morgan fingerprint density at radius 1 is 0.897 bits per heavy atom. The van der Waals surface area contributed by atoms with Crippen LogP contribution in [0.3, 0.4) is 0 Å². The van der Waals surface area contributed by atoms with Crippen LogP contribution in [0.5, 0.6) is 0 Å². The number of aliphatic imine (C=N–C) groups is 1. The van der Waals surface area contributed by atoms with Gasteiger partial charge < -0.3 is 20.9 Å². The molecule has 0 fully saturated rings. The van der Waals surface area contributed by atoms with Gasteiger partial charge >= 0.3 is 6.03 Å². The van der Waals surface area contributed by atoms with Crippen molar-refractivity contribution in [2.24, 2.45) is 10.4 Å². The van der Waals surface area contributed by atoms with Crippen molar-refractivity contribution in [1.82, 2.24) is 10.6 Å². The van der Waals surface area contributed by atoms with Crippen molar-refractivity contribution in [2.45, 2.75) is 33.9 Å². The predicted octanol–water partition coefficient (Wildman–Crippen LogP) is 4.86. The highest BCUT2D eigenvalue weighted by molar-refractivity contribution is 6.21. The molecule has 0 radical (unpaired) electrons. The van der Waals surface area contributed by atoms with E-state index in [9.17, 15) is 14.4 Å². The number of benzodiazepines with no additional fused rings is 1. The summed E-state index contributed by atoms with van der Waals surface area (Å²) < 4.78 is 0. The van der Waals surface area contributed by atoms with Gasteiger partial charge in [-0.2, -0.15) is 0 Å². The molecule has 1 heterocycles. The second-order valence-electron chi connectivity index (χ2n) is 10.0. The lowest BCUT2D eigenvalue weighted by Crippen LogP contribution is -2.50. The first-order valence-electron chi connectivity index (χ1n) is 13.0. The van der Waals surface area contributed by atoms with E-state index in [4.69, 9.17) is 4.99 Å². The number of anilines is 2. The molecule has 0 unspecified atom stereocenters. The van der Waals surface area contributed by atoms with E-state index in [0.717, 1.165) is 12.1 Å². The van der Waals surface area contributed by atoms with E-state index in [-0.39, 0.29) is 12.3 Å². The van der Waals surface area contributed by atoms with Crippen molar-refractivity contribution >= 4 is 34.8 Å². The van der Waals surface area contributed by atoms with Gasteiger partial charge in [0.15, 0.2) is 5.78 Å². The number of benzene rings is 3. The number of carbonyl (C=O) groups excluding carboxylic acids is 3. The zero-order valence-electron chi connectivity index (χ0n) is 23.2. The molecule has 0 aliphatic carbocycles. The van der Waals surface area contributed by atoms with E-state index in [2.05, 4.69) is 22.9 Å². The smallest absolute Gasteiger partial charge is 0.320 e. The molecule has 3 N–H and O–H groups in total. The Morgan fingerprint density at radius 3 is 2.05 bits per heavy atom. The molecular formula is C31H37N5O3. The Morgan fingerprint density at radius 2 is 1.46 bits per heavy atom. The van der Waals surface area contributed by atoms with Crippen LogP contribution in [0.1, 0.15) is 38.8 Å². The number of Topliss-reactive ketones (excluding diaryl/α,β-unsaturated/α-hetero) is 1. The maximum atomic E-state index is 13.8. The largest absolute Gasteiger partial charge is 0.321 e. The van der Waals surface area contributed by atoms with Crippen molar-refractivity contribution in [3.63, 3.8) is 0 Å². The number of ketones is 1. The third-order valence-corrected chi connectivity index (χ3v) is 6.05. The average Bonchev–Trinajstić information content (AvgIpc) is 3.04. The van der Waals surface area contributed by atoms with Crippen LogP contribution in [0.15, 0.2) is 89.9 Å². The first-order chi connectivity index (χ1) is 18.7. The molecule has 0 bridgehead atoms. The SMILES string of the molecule is CC(C)(C)C(=O)CN1C(=O)[C@H](NC(=O)Nc2ccccc2)N=C(c2ccccc2)c2ccccc21.CCNC. The third-order valence-electron chi connectivity index (χ3n) is 6.05. The topological polar surface area (TPSA) is 103 Å².